The van der Waals surface area contributed by atoms with E-state index in [1.165, 1.54) is 10.2 Å². The van der Waals surface area contributed by atoms with E-state index in [9.17, 15) is 4.79 Å². The Bertz CT molecular complexity index is 549. The number of aryl methyl sites for hydroxylation is 2. The van der Waals surface area contributed by atoms with Crippen LogP contribution in [-0.2, 0) is 7.05 Å². The minimum Gasteiger partial charge on any atom is -0.295 e. The Kier molecular flexibility index (Phi) is 2.23. The number of hydrogen-bond acceptors (Lipinski definition) is 1. The molecule has 3 nitrogen and oxygen atoms in total. The summed E-state index contributed by atoms with van der Waals surface area (Å²) in [4.78, 5) is 11.6. The van der Waals surface area contributed by atoms with Crippen molar-refractivity contribution in [3.05, 3.63) is 45.7 Å². The largest absolute Gasteiger partial charge is 0.295 e. The zero-order chi connectivity index (χ0) is 11.0. The van der Waals surface area contributed by atoms with E-state index in [2.05, 4.69) is 5.10 Å². The molecule has 1 aromatic heterocycles. The standard InChI is InChI=1S/C12H14N2O/c1-8-6-4-5-7-10(8)11-9(2)12(15)14(3)13-11/h4-7,13H,1-3H3. The lowest BCUT2D eigenvalue weighted by Crippen LogP contribution is -2.12. The second kappa shape index (κ2) is 3.42. The fourth-order valence-electron chi connectivity index (χ4n) is 1.78. The van der Waals surface area contributed by atoms with Crippen LogP contribution in [0.15, 0.2) is 29.1 Å². The Labute approximate surface area is 88.4 Å². The number of aromatic nitrogens is 2. The van der Waals surface area contributed by atoms with Crippen molar-refractivity contribution in [1.29, 1.82) is 0 Å². The van der Waals surface area contributed by atoms with Gasteiger partial charge in [-0.2, -0.15) is 0 Å². The van der Waals surface area contributed by atoms with Gasteiger partial charge >= 0.3 is 0 Å². The summed E-state index contributed by atoms with van der Waals surface area (Å²) in [6.07, 6.45) is 0. The Morgan fingerprint density at radius 2 is 1.87 bits per heavy atom. The highest BCUT2D eigenvalue weighted by atomic mass is 16.1. The van der Waals surface area contributed by atoms with Crippen LogP contribution in [0.5, 0.6) is 0 Å². The maximum Gasteiger partial charge on any atom is 0.269 e. The summed E-state index contributed by atoms with van der Waals surface area (Å²) in [5.74, 6) is 0. The topological polar surface area (TPSA) is 37.8 Å². The molecule has 0 unspecified atom stereocenters. The van der Waals surface area contributed by atoms with E-state index in [1.807, 2.05) is 38.1 Å². The Balaban J connectivity index is 2.70. The summed E-state index contributed by atoms with van der Waals surface area (Å²) in [6, 6.07) is 8.04. The Hall–Kier alpha value is -1.77. The van der Waals surface area contributed by atoms with Gasteiger partial charge in [-0.15, -0.1) is 0 Å². The minimum absolute atomic E-state index is 0.0354. The van der Waals surface area contributed by atoms with Crippen molar-refractivity contribution in [2.24, 2.45) is 7.05 Å². The molecule has 0 bridgehead atoms. The summed E-state index contributed by atoms with van der Waals surface area (Å²) in [5.41, 5.74) is 3.98. The van der Waals surface area contributed by atoms with Gasteiger partial charge in [0, 0.05) is 18.2 Å². The van der Waals surface area contributed by atoms with Crippen LogP contribution in [0.2, 0.25) is 0 Å². The van der Waals surface area contributed by atoms with Gasteiger partial charge in [-0.1, -0.05) is 24.3 Å². The first kappa shape index (κ1) is 9.77. The van der Waals surface area contributed by atoms with Gasteiger partial charge in [0.25, 0.3) is 5.56 Å². The smallest absolute Gasteiger partial charge is 0.269 e. The molecule has 0 radical (unpaired) electrons. The molecule has 0 amide bonds. The molecule has 0 saturated carbocycles. The SMILES string of the molecule is Cc1ccccc1-c1[nH]n(C)c(=O)c1C. The fourth-order valence-corrected chi connectivity index (χ4v) is 1.78. The lowest BCUT2D eigenvalue weighted by atomic mass is 10.0. The van der Waals surface area contributed by atoms with Crippen LogP contribution < -0.4 is 5.56 Å². The summed E-state index contributed by atoms with van der Waals surface area (Å²) < 4.78 is 1.51. The molecule has 1 aromatic carbocycles. The number of nitrogens with zero attached hydrogens (tertiary/aromatic N) is 1. The molecule has 3 heteroatoms. The van der Waals surface area contributed by atoms with E-state index in [-0.39, 0.29) is 5.56 Å². The second-order valence-electron chi connectivity index (χ2n) is 3.79. The molecule has 1 heterocycles. The monoisotopic (exact) mass is 202 g/mol. The lowest BCUT2D eigenvalue weighted by Gasteiger charge is -2.03. The van der Waals surface area contributed by atoms with Gasteiger partial charge in [-0.05, 0) is 19.4 Å². The molecule has 0 aliphatic rings. The average molecular weight is 202 g/mol. The molecular weight excluding hydrogens is 188 g/mol. The molecule has 0 spiro atoms. The first-order chi connectivity index (χ1) is 7.11. The maximum atomic E-state index is 11.6. The molecule has 0 saturated heterocycles. The molecule has 0 atom stereocenters. The molecule has 2 aromatic rings. The molecule has 2 rings (SSSR count). The molecule has 0 aliphatic carbocycles. The number of benzene rings is 1. The summed E-state index contributed by atoms with van der Waals surface area (Å²) in [7, 11) is 1.73. The van der Waals surface area contributed by atoms with Crippen LogP contribution in [-0.4, -0.2) is 9.78 Å². The van der Waals surface area contributed by atoms with E-state index in [0.717, 1.165) is 16.8 Å². The first-order valence-corrected chi connectivity index (χ1v) is 4.93. The first-order valence-electron chi connectivity index (χ1n) is 4.93. The van der Waals surface area contributed by atoms with Gasteiger partial charge in [0.1, 0.15) is 0 Å². The normalized spacial score (nSPS) is 10.6. The lowest BCUT2D eigenvalue weighted by molar-refractivity contribution is 0.741. The summed E-state index contributed by atoms with van der Waals surface area (Å²) in [6.45, 7) is 3.89. The van der Waals surface area contributed by atoms with Crippen molar-refractivity contribution in [2.75, 3.05) is 0 Å². The van der Waals surface area contributed by atoms with Crippen LogP contribution in [0.1, 0.15) is 11.1 Å². The highest BCUT2D eigenvalue weighted by Crippen LogP contribution is 2.22. The van der Waals surface area contributed by atoms with Crippen LogP contribution in [0.25, 0.3) is 11.3 Å². The zero-order valence-electron chi connectivity index (χ0n) is 9.16. The molecule has 78 valence electrons. The third-order valence-electron chi connectivity index (χ3n) is 2.69. The summed E-state index contributed by atoms with van der Waals surface area (Å²) >= 11 is 0. The van der Waals surface area contributed by atoms with Gasteiger partial charge in [0.15, 0.2) is 0 Å². The van der Waals surface area contributed by atoms with Crippen LogP contribution in [0.3, 0.4) is 0 Å². The fraction of sp³-hybridized carbons (Fsp3) is 0.250. The predicted molar refractivity (Wildman–Crippen MR) is 60.9 cm³/mol. The van der Waals surface area contributed by atoms with Crippen molar-refractivity contribution in [3.63, 3.8) is 0 Å². The van der Waals surface area contributed by atoms with Gasteiger partial charge < -0.3 is 0 Å². The van der Waals surface area contributed by atoms with Crippen molar-refractivity contribution in [2.45, 2.75) is 13.8 Å². The van der Waals surface area contributed by atoms with E-state index >= 15 is 0 Å². The van der Waals surface area contributed by atoms with E-state index in [1.54, 1.807) is 7.05 Å². The number of H-pyrrole nitrogens is 1. The van der Waals surface area contributed by atoms with Crippen LogP contribution >= 0.6 is 0 Å². The highest BCUT2D eigenvalue weighted by Gasteiger charge is 2.10. The number of nitrogens with one attached hydrogen (secondary N) is 1. The van der Waals surface area contributed by atoms with E-state index in [4.69, 9.17) is 0 Å². The molecule has 1 N–H and O–H groups in total. The van der Waals surface area contributed by atoms with Crippen molar-refractivity contribution in [3.8, 4) is 11.3 Å². The highest BCUT2D eigenvalue weighted by molar-refractivity contribution is 5.65. The Morgan fingerprint density at radius 3 is 2.40 bits per heavy atom. The van der Waals surface area contributed by atoms with Crippen LogP contribution in [0.4, 0.5) is 0 Å². The van der Waals surface area contributed by atoms with Gasteiger partial charge in [0.2, 0.25) is 0 Å². The average Bonchev–Trinajstić information content (AvgIpc) is 2.47. The summed E-state index contributed by atoms with van der Waals surface area (Å²) in [5, 5.41) is 3.07. The number of rotatable bonds is 1. The third kappa shape index (κ3) is 1.50. The van der Waals surface area contributed by atoms with Crippen molar-refractivity contribution >= 4 is 0 Å². The maximum absolute atomic E-state index is 11.6. The molecule has 0 aliphatic heterocycles. The Morgan fingerprint density at radius 1 is 1.20 bits per heavy atom. The van der Waals surface area contributed by atoms with E-state index < -0.39 is 0 Å². The minimum atomic E-state index is 0.0354. The van der Waals surface area contributed by atoms with E-state index in [0.29, 0.717) is 0 Å². The second-order valence-corrected chi connectivity index (χ2v) is 3.79. The van der Waals surface area contributed by atoms with Gasteiger partial charge in [-0.3, -0.25) is 14.6 Å². The number of aromatic amines is 1. The predicted octanol–water partition coefficient (Wildman–Crippen LogP) is 2.00. The molecule has 0 fully saturated rings. The van der Waals surface area contributed by atoms with Crippen LogP contribution in [0, 0.1) is 13.8 Å². The van der Waals surface area contributed by atoms with Gasteiger partial charge in [-0.25, -0.2) is 0 Å². The quantitative estimate of drug-likeness (QED) is 0.754. The van der Waals surface area contributed by atoms with Gasteiger partial charge in [0.05, 0.1) is 5.69 Å². The molecule has 15 heavy (non-hydrogen) atoms. The molecular formula is C12H14N2O. The third-order valence-corrected chi connectivity index (χ3v) is 2.69. The van der Waals surface area contributed by atoms with Crippen molar-refractivity contribution in [1.82, 2.24) is 9.78 Å². The van der Waals surface area contributed by atoms with Crippen molar-refractivity contribution < 1.29 is 0 Å². The number of hydrogen-bond donors (Lipinski definition) is 1. The zero-order valence-corrected chi connectivity index (χ0v) is 9.16.